The van der Waals surface area contributed by atoms with Crippen LogP contribution in [-0.2, 0) is 9.53 Å². The van der Waals surface area contributed by atoms with Crippen LogP contribution in [0.1, 0.15) is 33.6 Å². The topological polar surface area (TPSA) is 91.2 Å². The zero-order valence-electron chi connectivity index (χ0n) is 10.9. The van der Waals surface area contributed by atoms with E-state index < -0.39 is 17.7 Å². The summed E-state index contributed by atoms with van der Waals surface area (Å²) in [7, 11) is 0. The van der Waals surface area contributed by atoms with Crippen LogP contribution in [0, 0.1) is 17.2 Å². The van der Waals surface area contributed by atoms with Crippen molar-refractivity contribution in [2.45, 2.75) is 45.3 Å². The van der Waals surface area contributed by atoms with Gasteiger partial charge in [0, 0.05) is 12.5 Å². The summed E-state index contributed by atoms with van der Waals surface area (Å²) in [4.78, 5) is 22.9. The lowest BCUT2D eigenvalue weighted by molar-refractivity contribution is -0.122. The van der Waals surface area contributed by atoms with Crippen LogP contribution in [-0.4, -0.2) is 30.2 Å². The van der Waals surface area contributed by atoms with Crippen LogP contribution in [0.2, 0.25) is 0 Å². The zero-order chi connectivity index (χ0) is 13.8. The third-order valence-electron chi connectivity index (χ3n) is 2.53. The van der Waals surface area contributed by atoms with E-state index in [1.54, 1.807) is 20.8 Å². The second-order valence-corrected chi connectivity index (χ2v) is 5.34. The Balaban J connectivity index is 2.45. The zero-order valence-corrected chi connectivity index (χ0v) is 10.9. The highest BCUT2D eigenvalue weighted by Crippen LogP contribution is 2.16. The molecule has 0 aromatic carbocycles. The lowest BCUT2D eigenvalue weighted by atomic mass is 9.99. The lowest BCUT2D eigenvalue weighted by Gasteiger charge is -2.21. The van der Waals surface area contributed by atoms with Gasteiger partial charge in [-0.3, -0.25) is 4.79 Å². The third kappa shape index (κ3) is 4.62. The molecule has 2 unspecified atom stereocenters. The average molecular weight is 253 g/mol. The summed E-state index contributed by atoms with van der Waals surface area (Å²) in [5.74, 6) is -0.258. The Morgan fingerprint density at radius 2 is 2.33 bits per heavy atom. The monoisotopic (exact) mass is 253 g/mol. The first-order valence-electron chi connectivity index (χ1n) is 5.98. The average Bonchev–Trinajstić information content (AvgIpc) is 2.60. The number of rotatable bonds is 3. The second-order valence-electron chi connectivity index (χ2n) is 5.34. The number of nitrogens with zero attached hydrogens (tertiary/aromatic N) is 1. The van der Waals surface area contributed by atoms with Crippen LogP contribution in [0.15, 0.2) is 0 Å². The maximum atomic E-state index is 11.5. The van der Waals surface area contributed by atoms with Gasteiger partial charge in [0.1, 0.15) is 11.6 Å². The highest BCUT2D eigenvalue weighted by Gasteiger charge is 2.28. The fraction of sp³-hybridized carbons (Fsp3) is 0.750. The minimum absolute atomic E-state index is 0.0544. The van der Waals surface area contributed by atoms with Gasteiger partial charge in [0.05, 0.1) is 6.07 Å². The first kappa shape index (κ1) is 14.3. The normalized spacial score (nSPS) is 20.8. The molecule has 0 spiro atoms. The van der Waals surface area contributed by atoms with E-state index in [2.05, 4.69) is 10.6 Å². The molecule has 1 heterocycles. The Kier molecular flexibility index (Phi) is 4.54. The predicted octanol–water partition coefficient (Wildman–Crippen LogP) is 0.929. The van der Waals surface area contributed by atoms with Gasteiger partial charge in [-0.2, -0.15) is 5.26 Å². The number of ether oxygens (including phenoxy) is 1. The summed E-state index contributed by atoms with van der Waals surface area (Å²) in [6, 6.07) is 1.27. The molecule has 1 saturated heterocycles. The Bertz CT molecular complexity index is 368. The quantitative estimate of drug-likeness (QED) is 0.782. The third-order valence-corrected chi connectivity index (χ3v) is 2.53. The Morgan fingerprint density at radius 1 is 1.67 bits per heavy atom. The molecule has 2 amide bonds. The number of amides is 2. The maximum absolute atomic E-state index is 11.5. The Labute approximate surface area is 107 Å². The molecule has 0 radical (unpaired) electrons. The summed E-state index contributed by atoms with van der Waals surface area (Å²) in [5, 5.41) is 14.1. The fourth-order valence-electron chi connectivity index (χ4n) is 1.75. The molecule has 1 aliphatic heterocycles. The molecular weight excluding hydrogens is 234 g/mol. The van der Waals surface area contributed by atoms with Crippen molar-refractivity contribution in [1.29, 1.82) is 5.26 Å². The first-order valence-corrected chi connectivity index (χ1v) is 5.98. The predicted molar refractivity (Wildman–Crippen MR) is 64.5 cm³/mol. The molecule has 1 rings (SSSR count). The Hall–Kier alpha value is -1.77. The lowest BCUT2D eigenvalue weighted by Crippen LogP contribution is -2.40. The number of nitrogens with one attached hydrogen (secondary N) is 2. The molecule has 1 fully saturated rings. The summed E-state index contributed by atoms with van der Waals surface area (Å²) in [6.45, 7) is 5.88. The number of hydrogen-bond acceptors (Lipinski definition) is 4. The van der Waals surface area contributed by atoms with E-state index in [9.17, 15) is 9.59 Å². The van der Waals surface area contributed by atoms with Crippen molar-refractivity contribution in [3.8, 4) is 6.07 Å². The number of nitriles is 1. The standard InChI is InChI=1S/C12H19N3O3/c1-12(2,3)18-11(17)15-9(7-13)6-8-4-5-14-10(8)16/h8-9H,4-6H2,1-3H3,(H,14,16)(H,15,17). The van der Waals surface area contributed by atoms with Gasteiger partial charge in [-0.1, -0.05) is 0 Å². The summed E-state index contributed by atoms with van der Waals surface area (Å²) >= 11 is 0. The van der Waals surface area contributed by atoms with Gasteiger partial charge >= 0.3 is 6.09 Å². The van der Waals surface area contributed by atoms with Gasteiger partial charge in [-0.05, 0) is 33.6 Å². The highest BCUT2D eigenvalue weighted by molar-refractivity contribution is 5.80. The number of carbonyl (C=O) groups excluding carboxylic acids is 2. The molecule has 0 aromatic heterocycles. The molecule has 6 heteroatoms. The summed E-state index contributed by atoms with van der Waals surface area (Å²) < 4.78 is 5.06. The SMILES string of the molecule is CC(C)(C)OC(=O)NC(C#N)CC1CCNC1=O. The van der Waals surface area contributed by atoms with Crippen molar-refractivity contribution < 1.29 is 14.3 Å². The largest absolute Gasteiger partial charge is 0.444 e. The second kappa shape index (κ2) is 5.71. The van der Waals surface area contributed by atoms with E-state index in [-0.39, 0.29) is 11.8 Å². The van der Waals surface area contributed by atoms with Gasteiger partial charge < -0.3 is 15.4 Å². The van der Waals surface area contributed by atoms with Crippen molar-refractivity contribution in [3.05, 3.63) is 0 Å². The van der Waals surface area contributed by atoms with Crippen molar-refractivity contribution in [2.75, 3.05) is 6.54 Å². The highest BCUT2D eigenvalue weighted by atomic mass is 16.6. The summed E-state index contributed by atoms with van der Waals surface area (Å²) in [6.07, 6.45) is 0.390. The number of alkyl carbamates (subject to hydrolysis) is 1. The van der Waals surface area contributed by atoms with E-state index in [1.807, 2.05) is 6.07 Å². The van der Waals surface area contributed by atoms with Crippen molar-refractivity contribution >= 4 is 12.0 Å². The molecule has 2 N–H and O–H groups in total. The van der Waals surface area contributed by atoms with Crippen molar-refractivity contribution in [3.63, 3.8) is 0 Å². The van der Waals surface area contributed by atoms with Crippen molar-refractivity contribution in [2.24, 2.45) is 5.92 Å². The van der Waals surface area contributed by atoms with Gasteiger partial charge in [0.2, 0.25) is 5.91 Å². The molecule has 0 aliphatic carbocycles. The molecule has 100 valence electrons. The minimum Gasteiger partial charge on any atom is -0.444 e. The van der Waals surface area contributed by atoms with E-state index in [1.165, 1.54) is 0 Å². The van der Waals surface area contributed by atoms with E-state index in [4.69, 9.17) is 10.00 Å². The Morgan fingerprint density at radius 3 is 2.78 bits per heavy atom. The van der Waals surface area contributed by atoms with Gasteiger partial charge in [-0.25, -0.2) is 4.79 Å². The molecule has 0 saturated carbocycles. The van der Waals surface area contributed by atoms with E-state index in [0.717, 1.165) is 0 Å². The first-order chi connectivity index (χ1) is 8.31. The smallest absolute Gasteiger partial charge is 0.408 e. The molecule has 6 nitrogen and oxygen atoms in total. The van der Waals surface area contributed by atoms with Crippen LogP contribution < -0.4 is 10.6 Å². The van der Waals surface area contributed by atoms with Crippen LogP contribution in [0.5, 0.6) is 0 Å². The van der Waals surface area contributed by atoms with Crippen molar-refractivity contribution in [1.82, 2.24) is 10.6 Å². The number of carbonyl (C=O) groups is 2. The molecule has 0 aromatic rings. The van der Waals surface area contributed by atoms with Gasteiger partial charge in [-0.15, -0.1) is 0 Å². The van der Waals surface area contributed by atoms with Crippen LogP contribution in [0.3, 0.4) is 0 Å². The minimum atomic E-state index is -0.700. The molecule has 2 atom stereocenters. The van der Waals surface area contributed by atoms with Crippen LogP contribution in [0.4, 0.5) is 4.79 Å². The van der Waals surface area contributed by atoms with Gasteiger partial charge in [0.15, 0.2) is 0 Å². The summed E-state index contributed by atoms with van der Waals surface area (Å²) in [5.41, 5.74) is -0.602. The molecule has 18 heavy (non-hydrogen) atoms. The van der Waals surface area contributed by atoms with E-state index in [0.29, 0.717) is 19.4 Å². The van der Waals surface area contributed by atoms with Gasteiger partial charge in [0.25, 0.3) is 0 Å². The number of hydrogen-bond donors (Lipinski definition) is 2. The molecule has 0 bridgehead atoms. The van der Waals surface area contributed by atoms with Crippen LogP contribution in [0.25, 0.3) is 0 Å². The maximum Gasteiger partial charge on any atom is 0.408 e. The molecular formula is C12H19N3O3. The van der Waals surface area contributed by atoms with E-state index >= 15 is 0 Å². The fourth-order valence-corrected chi connectivity index (χ4v) is 1.75. The van der Waals surface area contributed by atoms with Crippen LogP contribution >= 0.6 is 0 Å². The molecule has 1 aliphatic rings.